The minimum absolute atomic E-state index is 0.0360. The summed E-state index contributed by atoms with van der Waals surface area (Å²) in [5, 5.41) is 34.4. The van der Waals surface area contributed by atoms with Crippen molar-refractivity contribution in [1.82, 2.24) is 5.32 Å². The van der Waals surface area contributed by atoms with E-state index in [2.05, 4.69) is 10.6 Å². The van der Waals surface area contributed by atoms with E-state index in [0.29, 0.717) is 28.1 Å². The maximum atomic E-state index is 13.6. The Morgan fingerprint density at radius 1 is 1.11 bits per heavy atom. The Labute approximate surface area is 212 Å². The molecular weight excluding hydrogens is 483 g/mol. The minimum Gasteiger partial charge on any atom is -0.482 e. The molecule has 0 radical (unpaired) electrons. The molecule has 1 fully saturated rings. The lowest BCUT2D eigenvalue weighted by atomic mass is 9.91. The third kappa shape index (κ3) is 4.53. The van der Waals surface area contributed by atoms with Crippen LogP contribution < -0.4 is 10.6 Å². The summed E-state index contributed by atoms with van der Waals surface area (Å²) in [5.74, 6) is -0.833. The number of aliphatic hydroxyl groups is 3. The molecule has 5 rings (SSSR count). The van der Waals surface area contributed by atoms with Gasteiger partial charge in [0.05, 0.1) is 17.9 Å². The number of amides is 2. The van der Waals surface area contributed by atoms with Crippen molar-refractivity contribution in [3.8, 4) is 0 Å². The number of rotatable bonds is 5. The largest absolute Gasteiger partial charge is 0.482 e. The second-order valence-corrected chi connectivity index (χ2v) is 9.72. The van der Waals surface area contributed by atoms with Gasteiger partial charge in [0.25, 0.3) is 11.8 Å². The van der Waals surface area contributed by atoms with Crippen molar-refractivity contribution >= 4 is 28.6 Å². The van der Waals surface area contributed by atoms with Crippen LogP contribution in [0.25, 0.3) is 11.1 Å². The van der Waals surface area contributed by atoms with Crippen LogP contribution in [0.15, 0.2) is 54.3 Å². The molecule has 2 aromatic carbocycles. The average Bonchev–Trinajstić information content (AvgIpc) is 3.46. The smallest absolute Gasteiger partial charge is 0.260 e. The van der Waals surface area contributed by atoms with Crippen molar-refractivity contribution in [3.63, 3.8) is 0 Å². The molecule has 2 amide bonds. The number of nitrogens with one attached hydrogen (secondary N) is 2. The van der Waals surface area contributed by atoms with Crippen LogP contribution in [0.4, 0.5) is 10.1 Å². The molecule has 2 aromatic rings. The van der Waals surface area contributed by atoms with Gasteiger partial charge in [0.15, 0.2) is 0 Å². The Bertz CT molecular complexity index is 1320. The van der Waals surface area contributed by atoms with Crippen LogP contribution in [-0.4, -0.2) is 70.3 Å². The van der Waals surface area contributed by atoms with Gasteiger partial charge in [-0.3, -0.25) is 9.59 Å². The summed E-state index contributed by atoms with van der Waals surface area (Å²) < 4.78 is 25.1. The SMILES string of the molecule is CC1(C)OC(=C2C(=O)Nc3cc(F)ccc32)C=C1c1ccc(C(=O)NC[C@H]2O[C@H](CO)[C@@H](O)[C@@H]2O)cc1. The zero-order valence-corrected chi connectivity index (χ0v) is 20.2. The molecule has 9 nitrogen and oxygen atoms in total. The van der Waals surface area contributed by atoms with Gasteiger partial charge in [0.2, 0.25) is 0 Å². The topological polar surface area (TPSA) is 137 Å². The zero-order valence-electron chi connectivity index (χ0n) is 20.2. The number of carbonyl (C=O) groups is 2. The number of carbonyl (C=O) groups excluding carboxylic acids is 2. The van der Waals surface area contributed by atoms with Crippen molar-refractivity contribution < 1.29 is 38.8 Å². The molecule has 1 saturated heterocycles. The molecule has 3 aliphatic heterocycles. The van der Waals surface area contributed by atoms with Gasteiger partial charge in [-0.15, -0.1) is 0 Å². The van der Waals surface area contributed by atoms with Crippen LogP contribution in [0.2, 0.25) is 0 Å². The first-order chi connectivity index (χ1) is 17.6. The fourth-order valence-electron chi connectivity index (χ4n) is 4.85. The summed E-state index contributed by atoms with van der Waals surface area (Å²) in [6.45, 7) is 3.26. The third-order valence-electron chi connectivity index (χ3n) is 6.82. The lowest BCUT2D eigenvalue weighted by Crippen LogP contribution is -2.40. The van der Waals surface area contributed by atoms with E-state index in [9.17, 15) is 29.3 Å². The normalized spacial score (nSPS) is 27.9. The van der Waals surface area contributed by atoms with Crippen LogP contribution in [0.1, 0.15) is 35.3 Å². The minimum atomic E-state index is -1.22. The second-order valence-electron chi connectivity index (χ2n) is 9.72. The summed E-state index contributed by atoms with van der Waals surface area (Å²) >= 11 is 0. The molecule has 37 heavy (non-hydrogen) atoms. The van der Waals surface area contributed by atoms with Gasteiger partial charge in [-0.2, -0.15) is 0 Å². The molecule has 194 valence electrons. The van der Waals surface area contributed by atoms with Crippen LogP contribution in [0.5, 0.6) is 0 Å². The maximum Gasteiger partial charge on any atom is 0.260 e. The fourth-order valence-corrected chi connectivity index (χ4v) is 4.85. The average molecular weight is 511 g/mol. The van der Waals surface area contributed by atoms with E-state index in [4.69, 9.17) is 9.47 Å². The van der Waals surface area contributed by atoms with E-state index >= 15 is 0 Å². The van der Waals surface area contributed by atoms with Crippen LogP contribution in [-0.2, 0) is 14.3 Å². The number of hydrogen-bond donors (Lipinski definition) is 5. The van der Waals surface area contributed by atoms with Crippen molar-refractivity contribution in [1.29, 1.82) is 0 Å². The standard InChI is InChI=1S/C27H27FN2O7/c1-27(2)17(10-19(37-27)22-16-8-7-15(28)9-18(16)30-26(22)35)13-3-5-14(6-4-13)25(34)29-11-20-23(32)24(33)21(12-31)36-20/h3-10,20-21,23-24,31-33H,11-12H2,1-2H3,(H,29,34)(H,30,35)/t20-,21-,23-,24-/m1/s1. The van der Waals surface area contributed by atoms with E-state index in [1.165, 1.54) is 12.1 Å². The number of benzene rings is 2. The molecule has 5 N–H and O–H groups in total. The van der Waals surface area contributed by atoms with Gasteiger partial charge in [-0.25, -0.2) is 4.39 Å². The Balaban J connectivity index is 1.33. The van der Waals surface area contributed by atoms with Crippen molar-refractivity contribution in [2.75, 3.05) is 18.5 Å². The number of halogens is 1. The Kier molecular flexibility index (Phi) is 6.36. The number of hydrogen-bond acceptors (Lipinski definition) is 7. The summed E-state index contributed by atoms with van der Waals surface area (Å²) in [7, 11) is 0. The molecule has 3 aliphatic rings. The van der Waals surface area contributed by atoms with E-state index < -0.39 is 48.3 Å². The summed E-state index contributed by atoms with van der Waals surface area (Å²) in [6.07, 6.45) is -2.39. The number of allylic oxidation sites excluding steroid dienone is 1. The van der Waals surface area contributed by atoms with E-state index in [1.54, 1.807) is 36.4 Å². The number of aliphatic hydroxyl groups excluding tert-OH is 3. The first-order valence-corrected chi connectivity index (χ1v) is 11.9. The Morgan fingerprint density at radius 2 is 1.81 bits per heavy atom. The molecule has 0 unspecified atom stereocenters. The highest BCUT2D eigenvalue weighted by molar-refractivity contribution is 6.32. The van der Waals surface area contributed by atoms with Crippen molar-refractivity contribution in [3.05, 3.63) is 76.8 Å². The molecule has 0 aromatic heterocycles. The van der Waals surface area contributed by atoms with E-state index in [0.717, 1.165) is 11.1 Å². The van der Waals surface area contributed by atoms with Crippen molar-refractivity contribution in [2.24, 2.45) is 0 Å². The van der Waals surface area contributed by atoms with Gasteiger partial charge < -0.3 is 35.4 Å². The van der Waals surface area contributed by atoms with Gasteiger partial charge >= 0.3 is 0 Å². The highest BCUT2D eigenvalue weighted by Gasteiger charge is 2.42. The predicted molar refractivity (Wildman–Crippen MR) is 132 cm³/mol. The number of fused-ring (bicyclic) bond motifs is 1. The second kappa shape index (κ2) is 9.38. The summed E-state index contributed by atoms with van der Waals surface area (Å²) in [4.78, 5) is 25.3. The first kappa shape index (κ1) is 25.1. The first-order valence-electron chi connectivity index (χ1n) is 11.9. The quantitative estimate of drug-likeness (QED) is 0.385. The Morgan fingerprint density at radius 3 is 2.49 bits per heavy atom. The monoisotopic (exact) mass is 510 g/mol. The molecule has 10 heteroatoms. The molecule has 4 atom stereocenters. The van der Waals surface area contributed by atoms with Crippen molar-refractivity contribution in [2.45, 2.75) is 43.9 Å². The molecule has 0 saturated carbocycles. The lowest BCUT2D eigenvalue weighted by Gasteiger charge is -2.23. The lowest BCUT2D eigenvalue weighted by molar-refractivity contribution is -0.111. The predicted octanol–water partition coefficient (Wildman–Crippen LogP) is 1.59. The summed E-state index contributed by atoms with van der Waals surface area (Å²) in [6, 6.07) is 10.9. The molecule has 3 heterocycles. The van der Waals surface area contributed by atoms with Crippen LogP contribution in [0, 0.1) is 5.82 Å². The molecule has 0 spiro atoms. The maximum absolute atomic E-state index is 13.6. The Hall–Kier alpha value is -3.57. The van der Waals surface area contributed by atoms with Gasteiger partial charge in [-0.1, -0.05) is 12.1 Å². The fraction of sp³-hybridized carbons (Fsp3) is 0.333. The summed E-state index contributed by atoms with van der Waals surface area (Å²) in [5.41, 5.74) is 2.49. The highest BCUT2D eigenvalue weighted by atomic mass is 19.1. The molecular formula is C27H27FN2O7. The van der Waals surface area contributed by atoms with E-state index in [1.807, 2.05) is 13.8 Å². The van der Waals surface area contributed by atoms with Gasteiger partial charge in [0.1, 0.15) is 41.6 Å². The number of anilines is 1. The van der Waals surface area contributed by atoms with Crippen LogP contribution in [0.3, 0.4) is 0 Å². The van der Waals surface area contributed by atoms with Gasteiger partial charge in [0, 0.05) is 23.2 Å². The molecule has 0 bridgehead atoms. The van der Waals surface area contributed by atoms with Gasteiger partial charge in [-0.05, 0) is 55.8 Å². The zero-order chi connectivity index (χ0) is 26.5. The third-order valence-corrected chi connectivity index (χ3v) is 6.82. The highest BCUT2D eigenvalue weighted by Crippen LogP contribution is 2.44. The van der Waals surface area contributed by atoms with Crippen LogP contribution >= 0.6 is 0 Å². The van der Waals surface area contributed by atoms with E-state index in [-0.39, 0.29) is 12.5 Å². The number of ether oxygens (including phenoxy) is 2. The molecule has 0 aliphatic carbocycles.